The predicted octanol–water partition coefficient (Wildman–Crippen LogP) is 5.49. The molecule has 1 aliphatic carbocycles. The molecule has 0 amide bonds. The quantitative estimate of drug-likeness (QED) is 0.684. The van der Waals surface area contributed by atoms with Crippen LogP contribution >= 0.6 is 11.3 Å². The number of halogens is 1. The Morgan fingerprint density at radius 2 is 1.92 bits per heavy atom. The first-order valence-corrected chi connectivity index (χ1v) is 9.35. The number of rotatable bonds is 3. The molecule has 3 nitrogen and oxygen atoms in total. The van der Waals surface area contributed by atoms with Crippen molar-refractivity contribution in [2.75, 3.05) is 5.32 Å². The van der Waals surface area contributed by atoms with Crippen molar-refractivity contribution in [3.8, 4) is 11.1 Å². The Bertz CT molecular complexity index is 843. The molecular formula is C19H20FN3S. The van der Waals surface area contributed by atoms with Gasteiger partial charge in [0.1, 0.15) is 22.8 Å². The topological polar surface area (TPSA) is 37.8 Å². The molecule has 0 bridgehead atoms. The van der Waals surface area contributed by atoms with Crippen molar-refractivity contribution in [2.24, 2.45) is 5.92 Å². The van der Waals surface area contributed by atoms with E-state index in [1.807, 2.05) is 12.1 Å². The maximum Gasteiger partial charge on any atom is 0.139 e. The van der Waals surface area contributed by atoms with Gasteiger partial charge in [-0.15, -0.1) is 11.3 Å². The highest BCUT2D eigenvalue weighted by atomic mass is 32.1. The highest BCUT2D eigenvalue weighted by Crippen LogP contribution is 2.37. The van der Waals surface area contributed by atoms with E-state index in [0.29, 0.717) is 12.0 Å². The lowest BCUT2D eigenvalue weighted by Crippen LogP contribution is -2.30. The van der Waals surface area contributed by atoms with Crippen LogP contribution in [0.4, 0.5) is 10.2 Å². The third kappa shape index (κ3) is 2.88. The summed E-state index contributed by atoms with van der Waals surface area (Å²) in [6, 6.07) is 7.09. The van der Waals surface area contributed by atoms with Crippen molar-refractivity contribution in [1.29, 1.82) is 0 Å². The van der Waals surface area contributed by atoms with Gasteiger partial charge in [0.25, 0.3) is 0 Å². The third-order valence-corrected chi connectivity index (χ3v) is 5.85. The minimum Gasteiger partial charge on any atom is -0.366 e. The van der Waals surface area contributed by atoms with E-state index >= 15 is 0 Å². The first-order valence-electron chi connectivity index (χ1n) is 8.47. The molecule has 0 spiro atoms. The lowest BCUT2D eigenvalue weighted by atomic mass is 9.86. The van der Waals surface area contributed by atoms with Gasteiger partial charge in [-0.1, -0.05) is 31.9 Å². The van der Waals surface area contributed by atoms with Crippen LogP contribution in [0.3, 0.4) is 0 Å². The molecule has 5 heteroatoms. The van der Waals surface area contributed by atoms with Gasteiger partial charge in [0.2, 0.25) is 0 Å². The van der Waals surface area contributed by atoms with Crippen LogP contribution in [0.2, 0.25) is 0 Å². The van der Waals surface area contributed by atoms with E-state index in [0.717, 1.165) is 27.2 Å². The van der Waals surface area contributed by atoms with Crippen LogP contribution in [-0.4, -0.2) is 16.0 Å². The molecule has 1 aliphatic rings. The first kappa shape index (κ1) is 15.5. The van der Waals surface area contributed by atoms with Crippen molar-refractivity contribution in [3.63, 3.8) is 0 Å². The summed E-state index contributed by atoms with van der Waals surface area (Å²) >= 11 is 1.61. The number of hydrogen-bond acceptors (Lipinski definition) is 4. The molecule has 0 aliphatic heterocycles. The Hall–Kier alpha value is -2.01. The second-order valence-electron chi connectivity index (χ2n) is 6.57. The monoisotopic (exact) mass is 341 g/mol. The summed E-state index contributed by atoms with van der Waals surface area (Å²) in [6.07, 6.45) is 6.66. The van der Waals surface area contributed by atoms with E-state index < -0.39 is 0 Å². The fourth-order valence-electron chi connectivity index (χ4n) is 3.53. The van der Waals surface area contributed by atoms with Crippen molar-refractivity contribution >= 4 is 27.4 Å². The highest BCUT2D eigenvalue weighted by molar-refractivity contribution is 7.17. The van der Waals surface area contributed by atoms with Gasteiger partial charge in [-0.05, 0) is 36.5 Å². The Morgan fingerprint density at radius 1 is 1.12 bits per heavy atom. The molecular weight excluding hydrogens is 321 g/mol. The van der Waals surface area contributed by atoms with Gasteiger partial charge in [-0.25, -0.2) is 14.4 Å². The highest BCUT2D eigenvalue weighted by Gasteiger charge is 2.23. The SMILES string of the molecule is C[C@@H]1CCCC[C@@H]1Nc1ncnc2scc(-c3ccc(F)cc3)c12. The van der Waals surface area contributed by atoms with E-state index in [2.05, 4.69) is 27.6 Å². The van der Waals surface area contributed by atoms with Gasteiger partial charge in [-0.2, -0.15) is 0 Å². The van der Waals surface area contributed by atoms with Crippen LogP contribution in [0.25, 0.3) is 21.3 Å². The minimum atomic E-state index is -0.219. The van der Waals surface area contributed by atoms with Crippen molar-refractivity contribution in [3.05, 3.63) is 41.8 Å². The van der Waals surface area contributed by atoms with E-state index in [4.69, 9.17) is 0 Å². The summed E-state index contributed by atoms with van der Waals surface area (Å²) in [5, 5.41) is 6.80. The lowest BCUT2D eigenvalue weighted by molar-refractivity contribution is 0.349. The lowest BCUT2D eigenvalue weighted by Gasteiger charge is -2.30. The minimum absolute atomic E-state index is 0.219. The summed E-state index contributed by atoms with van der Waals surface area (Å²) in [5.41, 5.74) is 2.07. The molecule has 1 aromatic carbocycles. The third-order valence-electron chi connectivity index (χ3n) is 4.96. The zero-order valence-electron chi connectivity index (χ0n) is 13.6. The molecule has 1 fully saturated rings. The molecule has 0 saturated heterocycles. The molecule has 4 rings (SSSR count). The van der Waals surface area contributed by atoms with Gasteiger partial charge in [-0.3, -0.25) is 0 Å². The molecule has 124 valence electrons. The van der Waals surface area contributed by atoms with Crippen molar-refractivity contribution < 1.29 is 4.39 Å². The number of hydrogen-bond donors (Lipinski definition) is 1. The van der Waals surface area contributed by atoms with Gasteiger partial charge in [0, 0.05) is 17.0 Å². The van der Waals surface area contributed by atoms with Crippen LogP contribution in [0.1, 0.15) is 32.6 Å². The average Bonchev–Trinajstić information content (AvgIpc) is 3.03. The molecule has 0 unspecified atom stereocenters. The van der Waals surface area contributed by atoms with E-state index in [-0.39, 0.29) is 5.82 Å². The van der Waals surface area contributed by atoms with Crippen LogP contribution in [0.5, 0.6) is 0 Å². The molecule has 2 heterocycles. The van der Waals surface area contributed by atoms with Crippen LogP contribution in [0.15, 0.2) is 36.0 Å². The maximum atomic E-state index is 13.2. The fourth-order valence-corrected chi connectivity index (χ4v) is 4.45. The predicted molar refractivity (Wildman–Crippen MR) is 97.9 cm³/mol. The largest absolute Gasteiger partial charge is 0.366 e. The molecule has 0 radical (unpaired) electrons. The number of aromatic nitrogens is 2. The zero-order valence-corrected chi connectivity index (χ0v) is 14.4. The second-order valence-corrected chi connectivity index (χ2v) is 7.43. The number of fused-ring (bicyclic) bond motifs is 1. The van der Waals surface area contributed by atoms with Crippen LogP contribution in [0, 0.1) is 11.7 Å². The normalized spacial score (nSPS) is 21.1. The zero-order chi connectivity index (χ0) is 16.5. The molecule has 1 saturated carbocycles. The smallest absolute Gasteiger partial charge is 0.139 e. The first-order chi connectivity index (χ1) is 11.7. The molecule has 3 aromatic rings. The molecule has 2 atom stereocenters. The van der Waals surface area contributed by atoms with Crippen LogP contribution in [-0.2, 0) is 0 Å². The standard InChI is InChI=1S/C19H20FN3S/c1-12-4-2-3-5-16(12)23-18-17-15(10-24-19(17)22-11-21-18)13-6-8-14(20)9-7-13/h6-12,16H,2-5H2,1H3,(H,21,22,23)/t12-,16+/m1/s1. The van der Waals surface area contributed by atoms with E-state index in [1.54, 1.807) is 17.7 Å². The Kier molecular flexibility index (Phi) is 4.19. The van der Waals surface area contributed by atoms with Crippen LogP contribution < -0.4 is 5.32 Å². The second kappa shape index (κ2) is 6.48. The number of thiophene rings is 1. The summed E-state index contributed by atoms with van der Waals surface area (Å²) in [5.74, 6) is 1.33. The Balaban J connectivity index is 1.75. The molecule has 24 heavy (non-hydrogen) atoms. The number of nitrogens with zero attached hydrogens (tertiary/aromatic N) is 2. The fraction of sp³-hybridized carbons (Fsp3) is 0.368. The van der Waals surface area contributed by atoms with Gasteiger partial charge >= 0.3 is 0 Å². The number of benzene rings is 1. The van der Waals surface area contributed by atoms with Gasteiger partial charge in [0.05, 0.1) is 5.39 Å². The average molecular weight is 341 g/mol. The van der Waals surface area contributed by atoms with E-state index in [1.165, 1.54) is 37.8 Å². The number of nitrogens with one attached hydrogen (secondary N) is 1. The molecule has 1 N–H and O–H groups in total. The number of anilines is 1. The summed E-state index contributed by atoms with van der Waals surface area (Å²) in [7, 11) is 0. The Morgan fingerprint density at radius 3 is 2.71 bits per heavy atom. The van der Waals surface area contributed by atoms with Crippen molar-refractivity contribution in [1.82, 2.24) is 9.97 Å². The molecule has 2 aromatic heterocycles. The summed E-state index contributed by atoms with van der Waals surface area (Å²) in [4.78, 5) is 9.90. The van der Waals surface area contributed by atoms with Gasteiger partial charge in [0.15, 0.2) is 0 Å². The van der Waals surface area contributed by atoms with Gasteiger partial charge < -0.3 is 5.32 Å². The maximum absolute atomic E-state index is 13.2. The summed E-state index contributed by atoms with van der Waals surface area (Å²) < 4.78 is 13.2. The van der Waals surface area contributed by atoms with Crippen molar-refractivity contribution in [2.45, 2.75) is 38.6 Å². The Labute approximate surface area is 145 Å². The summed E-state index contributed by atoms with van der Waals surface area (Å²) in [6.45, 7) is 2.31. The van der Waals surface area contributed by atoms with E-state index in [9.17, 15) is 4.39 Å².